The number of rotatable bonds is 3. The molecular weight excluding hydrogens is 277 g/mol. The molecule has 0 aliphatic rings. The smallest absolute Gasteiger partial charge is 0.332 e. The minimum atomic E-state index is -4.41. The fraction of sp³-hybridized carbons (Fsp3) is 0.333. The lowest BCUT2D eigenvalue weighted by Crippen LogP contribution is -2.33. The predicted molar refractivity (Wildman–Crippen MR) is 70.7 cm³/mol. The maximum absolute atomic E-state index is 12.5. The van der Waals surface area contributed by atoms with Crippen LogP contribution in [-0.4, -0.2) is 11.0 Å². The summed E-state index contributed by atoms with van der Waals surface area (Å²) in [7, 11) is 0. The van der Waals surface area contributed by atoms with E-state index in [1.807, 2.05) is 6.92 Å². The molecule has 3 nitrogen and oxygen atoms in total. The van der Waals surface area contributed by atoms with E-state index < -0.39 is 11.7 Å². The zero-order chi connectivity index (χ0) is 14.5. The van der Waals surface area contributed by atoms with E-state index in [1.54, 1.807) is 0 Å². The molecule has 0 heterocycles. The third-order valence-electron chi connectivity index (χ3n) is 2.18. The van der Waals surface area contributed by atoms with Gasteiger partial charge in [-0.05, 0) is 36.8 Å². The van der Waals surface area contributed by atoms with Crippen LogP contribution in [0.4, 0.5) is 18.9 Å². The molecule has 0 radical (unpaired) electrons. The van der Waals surface area contributed by atoms with E-state index in [0.29, 0.717) is 12.8 Å². The summed E-state index contributed by atoms with van der Waals surface area (Å²) >= 11 is 4.84. The average molecular weight is 290 g/mol. The minimum absolute atomic E-state index is 0.0159. The van der Waals surface area contributed by atoms with Crippen molar-refractivity contribution < 1.29 is 18.0 Å². The van der Waals surface area contributed by atoms with Crippen molar-refractivity contribution >= 4 is 28.9 Å². The number of amides is 1. The Hall–Kier alpha value is -1.63. The topological polar surface area (TPSA) is 41.1 Å². The monoisotopic (exact) mass is 290 g/mol. The predicted octanol–water partition coefficient (Wildman–Crippen LogP) is 3.32. The number of anilines is 1. The molecule has 0 atom stereocenters. The lowest BCUT2D eigenvalue weighted by atomic mass is 10.2. The number of carbonyl (C=O) groups is 1. The van der Waals surface area contributed by atoms with Crippen molar-refractivity contribution in [3.8, 4) is 0 Å². The molecule has 0 aliphatic carbocycles. The molecule has 0 bridgehead atoms. The first kappa shape index (κ1) is 15.4. The van der Waals surface area contributed by atoms with Gasteiger partial charge in [-0.15, -0.1) is 0 Å². The molecule has 0 saturated heterocycles. The lowest BCUT2D eigenvalue weighted by molar-refractivity contribution is -0.137. The van der Waals surface area contributed by atoms with Crippen molar-refractivity contribution in [1.82, 2.24) is 5.32 Å². The van der Waals surface area contributed by atoms with Crippen molar-refractivity contribution in [2.75, 3.05) is 5.32 Å². The van der Waals surface area contributed by atoms with Gasteiger partial charge in [0.2, 0.25) is 5.91 Å². The zero-order valence-electron chi connectivity index (χ0n) is 10.2. The summed E-state index contributed by atoms with van der Waals surface area (Å²) in [5.41, 5.74) is -0.600. The van der Waals surface area contributed by atoms with Crippen molar-refractivity contribution in [2.45, 2.75) is 25.9 Å². The highest BCUT2D eigenvalue weighted by Gasteiger charge is 2.30. The second kappa shape index (κ2) is 6.51. The van der Waals surface area contributed by atoms with Gasteiger partial charge >= 0.3 is 6.18 Å². The second-order valence-electron chi connectivity index (χ2n) is 3.83. The second-order valence-corrected chi connectivity index (χ2v) is 4.24. The van der Waals surface area contributed by atoms with Crippen molar-refractivity contribution in [3.05, 3.63) is 29.8 Å². The third kappa shape index (κ3) is 5.25. The van der Waals surface area contributed by atoms with E-state index in [9.17, 15) is 18.0 Å². The van der Waals surface area contributed by atoms with Gasteiger partial charge in [0.25, 0.3) is 0 Å². The summed E-state index contributed by atoms with van der Waals surface area (Å²) in [4.78, 5) is 11.3. The Morgan fingerprint density at radius 1 is 1.37 bits per heavy atom. The van der Waals surface area contributed by atoms with Crippen molar-refractivity contribution in [1.29, 1.82) is 0 Å². The van der Waals surface area contributed by atoms with Gasteiger partial charge in [0.05, 0.1) is 5.56 Å². The summed E-state index contributed by atoms with van der Waals surface area (Å²) in [6.07, 6.45) is -3.44. The molecule has 0 unspecified atom stereocenters. The Labute approximate surface area is 114 Å². The quantitative estimate of drug-likeness (QED) is 0.839. The normalized spacial score (nSPS) is 10.9. The standard InChI is InChI=1S/C12H13F3N2OS/c1-2-4-10(18)17-11(19)16-9-6-3-5-8(7-9)12(13,14)15/h3,5-7H,2,4H2,1H3,(H2,16,17,18,19). The van der Waals surface area contributed by atoms with Crippen LogP contribution in [0, 0.1) is 0 Å². The van der Waals surface area contributed by atoms with E-state index in [4.69, 9.17) is 12.2 Å². The number of thiocarbonyl (C=S) groups is 1. The molecule has 2 N–H and O–H groups in total. The highest BCUT2D eigenvalue weighted by Crippen LogP contribution is 2.30. The minimum Gasteiger partial charge on any atom is -0.332 e. The number of carbonyl (C=O) groups excluding carboxylic acids is 1. The Morgan fingerprint density at radius 2 is 2.05 bits per heavy atom. The highest BCUT2D eigenvalue weighted by atomic mass is 32.1. The first-order valence-corrected chi connectivity index (χ1v) is 6.02. The zero-order valence-corrected chi connectivity index (χ0v) is 11.0. The van der Waals surface area contributed by atoms with Crippen LogP contribution in [0.15, 0.2) is 24.3 Å². The number of alkyl halides is 3. The molecule has 0 aliphatic heterocycles. The molecule has 7 heteroatoms. The fourth-order valence-corrected chi connectivity index (χ4v) is 1.58. The van der Waals surface area contributed by atoms with Crippen LogP contribution in [0.5, 0.6) is 0 Å². The molecule has 1 aromatic carbocycles. The van der Waals surface area contributed by atoms with Crippen LogP contribution in [0.2, 0.25) is 0 Å². The third-order valence-corrected chi connectivity index (χ3v) is 2.38. The largest absolute Gasteiger partial charge is 0.416 e. The van der Waals surface area contributed by atoms with Crippen molar-refractivity contribution in [3.63, 3.8) is 0 Å². The van der Waals surface area contributed by atoms with Gasteiger partial charge in [0.1, 0.15) is 0 Å². The van der Waals surface area contributed by atoms with Crippen LogP contribution in [0.1, 0.15) is 25.3 Å². The SMILES string of the molecule is CCCC(=O)NC(=S)Nc1cccc(C(F)(F)F)c1. The number of hydrogen-bond donors (Lipinski definition) is 2. The van der Waals surface area contributed by atoms with Crippen LogP contribution in [-0.2, 0) is 11.0 Å². The summed E-state index contributed by atoms with van der Waals surface area (Å²) in [6, 6.07) is 4.59. The molecule has 1 rings (SSSR count). The molecule has 0 aromatic heterocycles. The summed E-state index contributed by atoms with van der Waals surface area (Å²) in [5, 5.41) is 4.91. The summed E-state index contributed by atoms with van der Waals surface area (Å²) in [5.74, 6) is -0.271. The summed E-state index contributed by atoms with van der Waals surface area (Å²) < 4.78 is 37.5. The Bertz CT molecular complexity index is 474. The van der Waals surface area contributed by atoms with Gasteiger partial charge in [-0.3, -0.25) is 4.79 Å². The Balaban J connectivity index is 2.67. The molecule has 19 heavy (non-hydrogen) atoms. The number of benzene rings is 1. The average Bonchev–Trinajstić information content (AvgIpc) is 2.28. The van der Waals surface area contributed by atoms with E-state index in [-0.39, 0.29) is 16.7 Å². The molecular formula is C12H13F3N2OS. The van der Waals surface area contributed by atoms with Gasteiger partial charge in [-0.1, -0.05) is 13.0 Å². The van der Waals surface area contributed by atoms with Crippen molar-refractivity contribution in [2.24, 2.45) is 0 Å². The highest BCUT2D eigenvalue weighted by molar-refractivity contribution is 7.80. The van der Waals surface area contributed by atoms with Gasteiger partial charge in [0, 0.05) is 12.1 Å². The first-order valence-electron chi connectivity index (χ1n) is 5.61. The van der Waals surface area contributed by atoms with Gasteiger partial charge in [-0.2, -0.15) is 13.2 Å². The molecule has 1 aromatic rings. The maximum Gasteiger partial charge on any atom is 0.416 e. The Morgan fingerprint density at radius 3 is 2.63 bits per heavy atom. The molecule has 1 amide bonds. The van der Waals surface area contributed by atoms with E-state index in [2.05, 4.69) is 10.6 Å². The van der Waals surface area contributed by atoms with Gasteiger partial charge in [-0.25, -0.2) is 0 Å². The van der Waals surface area contributed by atoms with E-state index >= 15 is 0 Å². The summed E-state index contributed by atoms with van der Waals surface area (Å²) in [6.45, 7) is 1.84. The number of nitrogens with one attached hydrogen (secondary N) is 2. The van der Waals surface area contributed by atoms with E-state index in [1.165, 1.54) is 12.1 Å². The van der Waals surface area contributed by atoms with Gasteiger partial charge in [0.15, 0.2) is 5.11 Å². The molecule has 0 spiro atoms. The van der Waals surface area contributed by atoms with Crippen LogP contribution >= 0.6 is 12.2 Å². The Kier molecular flexibility index (Phi) is 5.29. The molecule has 104 valence electrons. The first-order chi connectivity index (χ1) is 8.82. The van der Waals surface area contributed by atoms with Gasteiger partial charge < -0.3 is 10.6 Å². The van der Waals surface area contributed by atoms with Crippen LogP contribution in [0.25, 0.3) is 0 Å². The number of halogens is 3. The molecule has 0 saturated carbocycles. The van der Waals surface area contributed by atoms with E-state index in [0.717, 1.165) is 12.1 Å². The van der Waals surface area contributed by atoms with Crippen LogP contribution < -0.4 is 10.6 Å². The molecule has 0 fully saturated rings. The lowest BCUT2D eigenvalue weighted by Gasteiger charge is -2.11. The fourth-order valence-electron chi connectivity index (χ4n) is 1.35. The van der Waals surface area contributed by atoms with Crippen LogP contribution in [0.3, 0.4) is 0 Å². The number of hydrogen-bond acceptors (Lipinski definition) is 2. The maximum atomic E-state index is 12.5.